The highest BCUT2D eigenvalue weighted by atomic mass is 16.6. The van der Waals surface area contributed by atoms with Crippen molar-refractivity contribution in [1.29, 1.82) is 0 Å². The number of pyridine rings is 1. The van der Waals surface area contributed by atoms with Crippen LogP contribution in [0, 0.1) is 0 Å². The van der Waals surface area contributed by atoms with Crippen molar-refractivity contribution in [3.8, 4) is 11.3 Å². The maximum absolute atomic E-state index is 12.3. The van der Waals surface area contributed by atoms with Crippen molar-refractivity contribution in [3.05, 3.63) is 53.0 Å². The highest BCUT2D eigenvalue weighted by molar-refractivity contribution is 5.74. The fourth-order valence-electron chi connectivity index (χ4n) is 4.85. The fraction of sp³-hybridized carbons (Fsp3) is 0.519. The van der Waals surface area contributed by atoms with Crippen LogP contribution in [0.15, 0.2) is 24.5 Å². The highest BCUT2D eigenvalue weighted by Crippen LogP contribution is 2.39. The molecule has 1 aliphatic carbocycles. The highest BCUT2D eigenvalue weighted by Gasteiger charge is 2.30. The van der Waals surface area contributed by atoms with Crippen LogP contribution in [0.25, 0.3) is 11.3 Å². The Morgan fingerprint density at radius 3 is 2.47 bits per heavy atom. The van der Waals surface area contributed by atoms with Crippen molar-refractivity contribution in [1.82, 2.24) is 29.6 Å². The van der Waals surface area contributed by atoms with Gasteiger partial charge in [-0.3, -0.25) is 9.67 Å². The molecule has 0 aromatic carbocycles. The van der Waals surface area contributed by atoms with Crippen molar-refractivity contribution in [2.75, 3.05) is 31.1 Å². The number of aryl methyl sites for hydroxylation is 1. The molecule has 1 fully saturated rings. The van der Waals surface area contributed by atoms with Crippen LogP contribution >= 0.6 is 0 Å². The van der Waals surface area contributed by atoms with E-state index in [1.807, 2.05) is 51.0 Å². The second kappa shape index (κ2) is 9.19. The number of aromatic nitrogens is 5. The summed E-state index contributed by atoms with van der Waals surface area (Å²) in [6.45, 7) is 12.8. The Hall–Kier alpha value is -3.49. The molecule has 0 radical (unpaired) electrons. The molecule has 0 bridgehead atoms. The van der Waals surface area contributed by atoms with E-state index in [9.17, 15) is 4.79 Å². The zero-order valence-electron chi connectivity index (χ0n) is 22.1. The first-order valence-electron chi connectivity index (χ1n) is 12.7. The van der Waals surface area contributed by atoms with Crippen molar-refractivity contribution in [3.63, 3.8) is 0 Å². The lowest BCUT2D eigenvalue weighted by molar-refractivity contribution is 0.0240. The van der Waals surface area contributed by atoms with E-state index in [1.54, 1.807) is 4.90 Å². The van der Waals surface area contributed by atoms with Gasteiger partial charge in [-0.05, 0) is 38.8 Å². The van der Waals surface area contributed by atoms with Crippen molar-refractivity contribution < 1.29 is 9.53 Å². The number of hydrogen-bond acceptors (Lipinski definition) is 7. The number of ether oxygens (including phenoxy) is 1. The van der Waals surface area contributed by atoms with E-state index in [0.29, 0.717) is 25.4 Å². The van der Waals surface area contributed by atoms with Crippen molar-refractivity contribution in [2.45, 2.75) is 59.0 Å². The second-order valence-corrected chi connectivity index (χ2v) is 11.0. The van der Waals surface area contributed by atoms with E-state index >= 15 is 0 Å². The third kappa shape index (κ3) is 4.79. The lowest BCUT2D eigenvalue weighted by atomic mass is 10.0. The first-order valence-corrected chi connectivity index (χ1v) is 12.7. The first-order chi connectivity index (χ1) is 17.1. The van der Waals surface area contributed by atoms with E-state index in [-0.39, 0.29) is 6.09 Å². The van der Waals surface area contributed by atoms with E-state index in [4.69, 9.17) is 19.8 Å². The molecule has 5 rings (SSSR count). The van der Waals surface area contributed by atoms with Gasteiger partial charge in [-0.25, -0.2) is 14.8 Å². The Morgan fingerprint density at radius 1 is 1.08 bits per heavy atom. The summed E-state index contributed by atoms with van der Waals surface area (Å²) in [6.07, 6.45) is 5.02. The standard InChI is InChI=1S/C27H35N7O2/c1-17(2)24-23-21(32(6)31-24)13-18-15-29-22(30-25(18)23)14-19-7-8-20(16-28-19)33-9-11-34(12-10-33)26(35)36-27(3,4)5/h7-8,15-17H,9-14H2,1-6H3. The molecule has 1 saturated heterocycles. The SMILES string of the molecule is CC(C)c1nn(C)c2c1-c1nc(Cc3ccc(N4CCN(C(=O)OC(C)(C)C)CC4)cn3)ncc1C2. The monoisotopic (exact) mass is 489 g/mol. The largest absolute Gasteiger partial charge is 0.444 e. The summed E-state index contributed by atoms with van der Waals surface area (Å²) >= 11 is 0. The molecule has 0 unspecified atom stereocenters. The Labute approximate surface area is 212 Å². The fourth-order valence-corrected chi connectivity index (χ4v) is 4.85. The van der Waals surface area contributed by atoms with Gasteiger partial charge in [0.1, 0.15) is 11.4 Å². The molecule has 4 heterocycles. The van der Waals surface area contributed by atoms with E-state index in [0.717, 1.165) is 53.7 Å². The first kappa shape index (κ1) is 24.2. The number of piperazine rings is 1. The molecule has 0 saturated carbocycles. The third-order valence-electron chi connectivity index (χ3n) is 6.69. The van der Waals surface area contributed by atoms with E-state index in [1.165, 1.54) is 11.3 Å². The molecule has 3 aromatic heterocycles. The molecule has 3 aromatic rings. The number of nitrogens with zero attached hydrogens (tertiary/aromatic N) is 7. The summed E-state index contributed by atoms with van der Waals surface area (Å²) in [5, 5.41) is 4.74. The Morgan fingerprint density at radius 2 is 1.83 bits per heavy atom. The molecule has 0 atom stereocenters. The molecule has 0 N–H and O–H groups in total. The molecular weight excluding hydrogens is 454 g/mol. The normalized spacial score (nSPS) is 15.3. The zero-order chi connectivity index (χ0) is 25.6. The lowest BCUT2D eigenvalue weighted by Crippen LogP contribution is -2.50. The number of carbonyl (C=O) groups excluding carboxylic acids is 1. The van der Waals surface area contributed by atoms with E-state index in [2.05, 4.69) is 29.8 Å². The minimum absolute atomic E-state index is 0.246. The number of amides is 1. The van der Waals surface area contributed by atoms with E-state index < -0.39 is 5.60 Å². The summed E-state index contributed by atoms with van der Waals surface area (Å²) in [6, 6.07) is 4.14. The molecule has 9 heteroatoms. The number of anilines is 1. The Kier molecular flexibility index (Phi) is 6.18. The van der Waals surface area contributed by atoms with Gasteiger partial charge in [-0.15, -0.1) is 0 Å². The summed E-state index contributed by atoms with van der Waals surface area (Å²) in [4.78, 5) is 30.6. The molecule has 0 spiro atoms. The van der Waals surface area contributed by atoms with Crippen LogP contribution in [0.1, 0.15) is 69.0 Å². The molecule has 9 nitrogen and oxygen atoms in total. The minimum atomic E-state index is -0.479. The average molecular weight is 490 g/mol. The van der Waals surface area contributed by atoms with Gasteiger partial charge in [0.2, 0.25) is 0 Å². The number of hydrogen-bond donors (Lipinski definition) is 0. The van der Waals surface area contributed by atoms with Gasteiger partial charge in [0.05, 0.1) is 35.4 Å². The maximum Gasteiger partial charge on any atom is 0.410 e. The van der Waals surface area contributed by atoms with Gasteiger partial charge in [0, 0.05) is 62.7 Å². The lowest BCUT2D eigenvalue weighted by Gasteiger charge is -2.36. The van der Waals surface area contributed by atoms with Crippen LogP contribution in [-0.4, -0.2) is 67.5 Å². The quantitative estimate of drug-likeness (QED) is 0.429. The zero-order valence-corrected chi connectivity index (χ0v) is 22.1. The predicted molar refractivity (Wildman–Crippen MR) is 138 cm³/mol. The van der Waals surface area contributed by atoms with Gasteiger partial charge in [-0.2, -0.15) is 5.10 Å². The second-order valence-electron chi connectivity index (χ2n) is 11.0. The summed E-state index contributed by atoms with van der Waals surface area (Å²) in [7, 11) is 2.01. The molecule has 36 heavy (non-hydrogen) atoms. The smallest absolute Gasteiger partial charge is 0.410 e. The Bertz CT molecular complexity index is 1270. The van der Waals surface area contributed by atoms with Crippen LogP contribution in [0.2, 0.25) is 0 Å². The number of rotatable bonds is 4. The molecular formula is C27H35N7O2. The van der Waals surface area contributed by atoms with Gasteiger partial charge >= 0.3 is 6.09 Å². The number of fused-ring (bicyclic) bond motifs is 3. The average Bonchev–Trinajstić information content (AvgIpc) is 3.36. The van der Waals surface area contributed by atoms with Crippen LogP contribution in [0.5, 0.6) is 0 Å². The van der Waals surface area contributed by atoms with Gasteiger partial charge in [0.25, 0.3) is 0 Å². The summed E-state index contributed by atoms with van der Waals surface area (Å²) in [5.74, 6) is 1.11. The molecule has 2 aliphatic rings. The molecule has 190 valence electrons. The Balaban J connectivity index is 1.24. The van der Waals surface area contributed by atoms with Crippen molar-refractivity contribution >= 4 is 11.8 Å². The predicted octanol–water partition coefficient (Wildman–Crippen LogP) is 3.95. The van der Waals surface area contributed by atoms with Crippen LogP contribution in [-0.2, 0) is 24.6 Å². The minimum Gasteiger partial charge on any atom is -0.444 e. The third-order valence-corrected chi connectivity index (χ3v) is 6.69. The van der Waals surface area contributed by atoms with Crippen LogP contribution in [0.4, 0.5) is 10.5 Å². The molecule has 1 aliphatic heterocycles. The van der Waals surface area contributed by atoms with Crippen LogP contribution < -0.4 is 4.90 Å². The van der Waals surface area contributed by atoms with Gasteiger partial charge < -0.3 is 14.5 Å². The summed E-state index contributed by atoms with van der Waals surface area (Å²) in [5.41, 5.74) is 7.19. The summed E-state index contributed by atoms with van der Waals surface area (Å²) < 4.78 is 7.48. The van der Waals surface area contributed by atoms with Gasteiger partial charge in [-0.1, -0.05) is 13.8 Å². The van der Waals surface area contributed by atoms with Crippen molar-refractivity contribution in [2.24, 2.45) is 7.05 Å². The van der Waals surface area contributed by atoms with Gasteiger partial charge in [0.15, 0.2) is 0 Å². The number of carbonyl (C=O) groups is 1. The maximum atomic E-state index is 12.3. The van der Waals surface area contributed by atoms with Crippen LogP contribution in [0.3, 0.4) is 0 Å². The topological polar surface area (TPSA) is 89.3 Å². The molecule has 1 amide bonds.